The van der Waals surface area contributed by atoms with Crippen molar-refractivity contribution in [1.29, 1.82) is 0 Å². The first-order chi connectivity index (χ1) is 10.3. The van der Waals surface area contributed by atoms with Crippen molar-refractivity contribution in [3.63, 3.8) is 0 Å². The highest BCUT2D eigenvalue weighted by atomic mass is 16.5. The number of carboxylic acid groups (broad SMARTS) is 1. The van der Waals surface area contributed by atoms with Gasteiger partial charge in [0.05, 0.1) is 13.0 Å². The van der Waals surface area contributed by atoms with Crippen LogP contribution in [0.5, 0.6) is 5.75 Å². The lowest BCUT2D eigenvalue weighted by Crippen LogP contribution is -2.14. The summed E-state index contributed by atoms with van der Waals surface area (Å²) in [5, 5.41) is 8.91. The Balaban J connectivity index is 3.27. The van der Waals surface area contributed by atoms with E-state index in [-0.39, 0.29) is 11.8 Å². The van der Waals surface area contributed by atoms with Crippen LogP contribution in [0.2, 0.25) is 0 Å². The van der Waals surface area contributed by atoms with Crippen molar-refractivity contribution in [3.8, 4) is 5.75 Å². The lowest BCUT2D eigenvalue weighted by molar-refractivity contribution is -0.135. The SMILES string of the molecule is CCC/C(=C\CC(=O)O)c1ccc(OCC)c(C(C)(C)C)c1. The van der Waals surface area contributed by atoms with Gasteiger partial charge in [0, 0.05) is 5.56 Å². The monoisotopic (exact) mass is 304 g/mol. The van der Waals surface area contributed by atoms with E-state index >= 15 is 0 Å². The van der Waals surface area contributed by atoms with E-state index in [2.05, 4.69) is 33.8 Å². The molecule has 0 bridgehead atoms. The van der Waals surface area contributed by atoms with Gasteiger partial charge in [-0.1, -0.05) is 46.3 Å². The molecule has 3 nitrogen and oxygen atoms in total. The van der Waals surface area contributed by atoms with E-state index in [4.69, 9.17) is 9.84 Å². The molecule has 0 spiro atoms. The van der Waals surface area contributed by atoms with Gasteiger partial charge < -0.3 is 9.84 Å². The van der Waals surface area contributed by atoms with Gasteiger partial charge in [-0.25, -0.2) is 0 Å². The van der Waals surface area contributed by atoms with Crippen molar-refractivity contribution < 1.29 is 14.6 Å². The summed E-state index contributed by atoms with van der Waals surface area (Å²) in [7, 11) is 0. The van der Waals surface area contributed by atoms with Crippen LogP contribution in [0, 0.1) is 0 Å². The standard InChI is InChI=1S/C19H28O3/c1-6-8-14(10-12-18(20)21)15-9-11-17(22-7-2)16(13-15)19(3,4)5/h9-11,13H,6-8,12H2,1-5H3,(H,20,21)/b14-10+. The third kappa shape index (κ3) is 5.21. The molecular weight excluding hydrogens is 276 g/mol. The number of aliphatic carboxylic acids is 1. The first-order valence-corrected chi connectivity index (χ1v) is 7.98. The van der Waals surface area contributed by atoms with Gasteiger partial charge in [-0.2, -0.15) is 0 Å². The fourth-order valence-corrected chi connectivity index (χ4v) is 2.44. The molecule has 1 N–H and O–H groups in total. The second-order valence-electron chi connectivity index (χ2n) is 6.47. The van der Waals surface area contributed by atoms with Crippen LogP contribution in [0.3, 0.4) is 0 Å². The van der Waals surface area contributed by atoms with Crippen molar-refractivity contribution in [3.05, 3.63) is 35.4 Å². The number of carbonyl (C=O) groups is 1. The molecular formula is C19H28O3. The summed E-state index contributed by atoms with van der Waals surface area (Å²) in [5.74, 6) is 0.114. The third-order valence-corrected chi connectivity index (χ3v) is 3.50. The summed E-state index contributed by atoms with van der Waals surface area (Å²) in [4.78, 5) is 10.8. The zero-order valence-electron chi connectivity index (χ0n) is 14.4. The van der Waals surface area contributed by atoms with Crippen LogP contribution < -0.4 is 4.74 Å². The maximum absolute atomic E-state index is 10.8. The van der Waals surface area contributed by atoms with Gasteiger partial charge >= 0.3 is 5.97 Å². The number of rotatable bonds is 7. The predicted molar refractivity (Wildman–Crippen MR) is 91.4 cm³/mol. The summed E-state index contributed by atoms with van der Waals surface area (Å²) in [5.41, 5.74) is 3.32. The van der Waals surface area contributed by atoms with Crippen molar-refractivity contribution in [2.75, 3.05) is 6.61 Å². The first-order valence-electron chi connectivity index (χ1n) is 7.98. The normalized spacial score (nSPS) is 12.3. The molecule has 1 rings (SSSR count). The molecule has 0 aliphatic heterocycles. The molecule has 0 saturated carbocycles. The van der Waals surface area contributed by atoms with Crippen molar-refractivity contribution in [2.24, 2.45) is 0 Å². The van der Waals surface area contributed by atoms with Crippen LogP contribution in [0.4, 0.5) is 0 Å². The molecule has 22 heavy (non-hydrogen) atoms. The highest BCUT2D eigenvalue weighted by Gasteiger charge is 2.20. The van der Waals surface area contributed by atoms with Crippen LogP contribution in [0.15, 0.2) is 24.3 Å². The fraction of sp³-hybridized carbons (Fsp3) is 0.526. The Labute approximate surface area is 134 Å². The van der Waals surface area contributed by atoms with Crippen LogP contribution in [0.25, 0.3) is 5.57 Å². The van der Waals surface area contributed by atoms with Crippen LogP contribution in [0.1, 0.15) is 65.0 Å². The van der Waals surface area contributed by atoms with Crippen molar-refractivity contribution in [1.82, 2.24) is 0 Å². The number of hydrogen-bond donors (Lipinski definition) is 1. The predicted octanol–water partition coefficient (Wildman–Crippen LogP) is 5.04. The molecule has 1 aromatic carbocycles. The summed E-state index contributed by atoms with van der Waals surface area (Å²) in [6.07, 6.45) is 3.76. The molecule has 3 heteroatoms. The van der Waals surface area contributed by atoms with E-state index in [0.717, 1.165) is 35.3 Å². The summed E-state index contributed by atoms with van der Waals surface area (Å²) >= 11 is 0. The number of benzene rings is 1. The Bertz CT molecular complexity index is 536. The third-order valence-electron chi connectivity index (χ3n) is 3.50. The van der Waals surface area contributed by atoms with Crippen LogP contribution >= 0.6 is 0 Å². The van der Waals surface area contributed by atoms with Gasteiger partial charge in [0.2, 0.25) is 0 Å². The van der Waals surface area contributed by atoms with Gasteiger partial charge in [0.15, 0.2) is 0 Å². The molecule has 0 unspecified atom stereocenters. The number of allylic oxidation sites excluding steroid dienone is 1. The minimum absolute atomic E-state index is 0.0232. The largest absolute Gasteiger partial charge is 0.494 e. The first kappa shape index (κ1) is 18.3. The zero-order chi connectivity index (χ0) is 16.8. The molecule has 0 aliphatic carbocycles. The molecule has 0 aliphatic rings. The average molecular weight is 304 g/mol. The topological polar surface area (TPSA) is 46.5 Å². The Kier molecular flexibility index (Phi) is 6.66. The van der Waals surface area contributed by atoms with E-state index in [0.29, 0.717) is 6.61 Å². The number of ether oxygens (including phenoxy) is 1. The summed E-state index contributed by atoms with van der Waals surface area (Å²) in [6, 6.07) is 6.18. The van der Waals surface area contributed by atoms with Gasteiger partial charge in [0.1, 0.15) is 5.75 Å². The molecule has 0 radical (unpaired) electrons. The maximum atomic E-state index is 10.8. The van der Waals surface area contributed by atoms with Crippen LogP contribution in [-0.2, 0) is 10.2 Å². The van der Waals surface area contributed by atoms with E-state index in [9.17, 15) is 4.79 Å². The Morgan fingerprint density at radius 3 is 2.45 bits per heavy atom. The quantitative estimate of drug-likeness (QED) is 0.767. The van der Waals surface area contributed by atoms with Gasteiger partial charge in [0.25, 0.3) is 0 Å². The Morgan fingerprint density at radius 2 is 1.95 bits per heavy atom. The Morgan fingerprint density at radius 1 is 1.27 bits per heavy atom. The summed E-state index contributed by atoms with van der Waals surface area (Å²) in [6.45, 7) is 11.2. The van der Waals surface area contributed by atoms with Gasteiger partial charge in [-0.3, -0.25) is 4.79 Å². The molecule has 122 valence electrons. The zero-order valence-corrected chi connectivity index (χ0v) is 14.4. The van der Waals surface area contributed by atoms with Crippen molar-refractivity contribution >= 4 is 11.5 Å². The van der Waals surface area contributed by atoms with Crippen LogP contribution in [-0.4, -0.2) is 17.7 Å². The summed E-state index contributed by atoms with van der Waals surface area (Å²) < 4.78 is 5.74. The van der Waals surface area contributed by atoms with E-state index in [1.165, 1.54) is 0 Å². The minimum atomic E-state index is -0.796. The van der Waals surface area contributed by atoms with E-state index in [1.54, 1.807) is 0 Å². The molecule has 0 aromatic heterocycles. The van der Waals surface area contributed by atoms with Crippen molar-refractivity contribution in [2.45, 2.75) is 59.3 Å². The smallest absolute Gasteiger partial charge is 0.307 e. The molecule has 0 atom stereocenters. The molecule has 0 heterocycles. The molecule has 0 saturated heterocycles. The van der Waals surface area contributed by atoms with E-state index < -0.39 is 5.97 Å². The average Bonchev–Trinajstić information content (AvgIpc) is 2.43. The number of carboxylic acids is 1. The highest BCUT2D eigenvalue weighted by Crippen LogP contribution is 2.34. The molecule has 0 fully saturated rings. The maximum Gasteiger partial charge on any atom is 0.307 e. The Hall–Kier alpha value is -1.77. The fourth-order valence-electron chi connectivity index (χ4n) is 2.44. The minimum Gasteiger partial charge on any atom is -0.494 e. The molecule has 0 amide bonds. The highest BCUT2D eigenvalue weighted by molar-refractivity contribution is 5.74. The second-order valence-corrected chi connectivity index (χ2v) is 6.47. The molecule has 1 aromatic rings. The lowest BCUT2D eigenvalue weighted by atomic mass is 9.84. The van der Waals surface area contributed by atoms with E-state index in [1.807, 2.05) is 25.1 Å². The number of hydrogen-bond acceptors (Lipinski definition) is 2. The lowest BCUT2D eigenvalue weighted by Gasteiger charge is -2.24. The van der Waals surface area contributed by atoms with Gasteiger partial charge in [-0.15, -0.1) is 0 Å². The van der Waals surface area contributed by atoms with Gasteiger partial charge in [-0.05, 0) is 42.0 Å². The second kappa shape index (κ2) is 8.02.